The summed E-state index contributed by atoms with van der Waals surface area (Å²) >= 11 is 6.16. The standard InChI is InChI=1S/C27H21ClN8O4/c28-18-7-10-23(36-15-29-34-35-36)17(13-18)6-11-24(37)31-22(12-16-4-2-1-3-5-16)26(38)30-19-8-9-21-20(14-19)25(27(39)40)33-32-21/h1-11,13-15,22H,12H2,(H,30,38)(H,31,37)(H,32,33)(H,39,40). The summed E-state index contributed by atoms with van der Waals surface area (Å²) in [5, 5.41) is 33.3. The van der Waals surface area contributed by atoms with E-state index in [0.29, 0.717) is 32.9 Å². The summed E-state index contributed by atoms with van der Waals surface area (Å²) in [6, 6.07) is 18.1. The number of aromatic carboxylic acids is 1. The van der Waals surface area contributed by atoms with E-state index in [1.54, 1.807) is 36.4 Å². The van der Waals surface area contributed by atoms with Crippen LogP contribution >= 0.6 is 11.6 Å². The summed E-state index contributed by atoms with van der Waals surface area (Å²) in [6.45, 7) is 0. The van der Waals surface area contributed by atoms with Crippen LogP contribution in [0.25, 0.3) is 22.7 Å². The Kier molecular flexibility index (Phi) is 7.60. The molecule has 0 saturated carbocycles. The van der Waals surface area contributed by atoms with Gasteiger partial charge >= 0.3 is 5.97 Å². The molecule has 0 spiro atoms. The van der Waals surface area contributed by atoms with E-state index in [2.05, 4.69) is 36.4 Å². The maximum absolute atomic E-state index is 13.3. The molecule has 0 aliphatic heterocycles. The zero-order valence-corrected chi connectivity index (χ0v) is 21.4. The lowest BCUT2D eigenvalue weighted by molar-refractivity contribution is -0.123. The van der Waals surface area contributed by atoms with Gasteiger partial charge in [0, 0.05) is 34.2 Å². The number of carboxylic acids is 1. The normalized spacial score (nSPS) is 11.9. The molecule has 0 radical (unpaired) electrons. The summed E-state index contributed by atoms with van der Waals surface area (Å²) in [7, 11) is 0. The van der Waals surface area contributed by atoms with Crippen LogP contribution in [0.4, 0.5) is 5.69 Å². The van der Waals surface area contributed by atoms with Gasteiger partial charge in [0.2, 0.25) is 11.8 Å². The van der Waals surface area contributed by atoms with E-state index in [1.165, 1.54) is 23.2 Å². The fourth-order valence-corrected chi connectivity index (χ4v) is 4.25. The molecule has 200 valence electrons. The molecule has 1 unspecified atom stereocenters. The highest BCUT2D eigenvalue weighted by Gasteiger charge is 2.22. The molecular formula is C27H21ClN8O4. The molecule has 0 fully saturated rings. The minimum Gasteiger partial charge on any atom is -0.476 e. The van der Waals surface area contributed by atoms with Crippen molar-refractivity contribution >= 4 is 52.1 Å². The Bertz CT molecular complexity index is 1720. The molecule has 0 aliphatic carbocycles. The summed E-state index contributed by atoms with van der Waals surface area (Å²) in [6.07, 6.45) is 4.48. The average Bonchev–Trinajstić information content (AvgIpc) is 3.62. The Morgan fingerprint density at radius 1 is 1.07 bits per heavy atom. The van der Waals surface area contributed by atoms with Crippen LogP contribution in [0.3, 0.4) is 0 Å². The minimum atomic E-state index is -1.20. The van der Waals surface area contributed by atoms with Gasteiger partial charge in [-0.25, -0.2) is 4.79 Å². The van der Waals surface area contributed by atoms with Crippen LogP contribution in [0, 0.1) is 0 Å². The lowest BCUT2D eigenvalue weighted by Crippen LogP contribution is -2.44. The van der Waals surface area contributed by atoms with E-state index in [-0.39, 0.29) is 12.1 Å². The van der Waals surface area contributed by atoms with Crippen molar-refractivity contribution in [2.45, 2.75) is 12.5 Å². The zero-order chi connectivity index (χ0) is 28.1. The van der Waals surface area contributed by atoms with Crippen LogP contribution in [-0.4, -0.2) is 59.3 Å². The lowest BCUT2D eigenvalue weighted by Gasteiger charge is -2.18. The van der Waals surface area contributed by atoms with Gasteiger partial charge in [-0.15, -0.1) is 5.10 Å². The van der Waals surface area contributed by atoms with Gasteiger partial charge in [-0.3, -0.25) is 14.7 Å². The first-order valence-electron chi connectivity index (χ1n) is 11.9. The van der Waals surface area contributed by atoms with Crippen molar-refractivity contribution in [1.82, 2.24) is 35.7 Å². The van der Waals surface area contributed by atoms with Crippen molar-refractivity contribution < 1.29 is 19.5 Å². The van der Waals surface area contributed by atoms with Crippen molar-refractivity contribution in [3.8, 4) is 5.69 Å². The van der Waals surface area contributed by atoms with Crippen molar-refractivity contribution in [2.24, 2.45) is 0 Å². The molecule has 4 N–H and O–H groups in total. The number of aromatic amines is 1. The van der Waals surface area contributed by atoms with Gasteiger partial charge in [0.25, 0.3) is 0 Å². The zero-order valence-electron chi connectivity index (χ0n) is 20.7. The van der Waals surface area contributed by atoms with E-state index in [9.17, 15) is 19.5 Å². The van der Waals surface area contributed by atoms with Gasteiger partial charge in [0.05, 0.1) is 11.2 Å². The Balaban J connectivity index is 1.37. The molecule has 40 heavy (non-hydrogen) atoms. The lowest BCUT2D eigenvalue weighted by atomic mass is 10.0. The first kappa shape index (κ1) is 26.3. The number of hydrogen-bond donors (Lipinski definition) is 4. The molecule has 5 aromatic rings. The summed E-state index contributed by atoms with van der Waals surface area (Å²) < 4.78 is 1.44. The van der Waals surface area contributed by atoms with Crippen LogP contribution in [0.2, 0.25) is 5.02 Å². The molecule has 3 aromatic carbocycles. The SMILES string of the molecule is O=C(C=Cc1cc(Cl)ccc1-n1cnnn1)NC(Cc1ccccc1)C(=O)Nc1ccc2[nH]nc(C(=O)O)c2c1. The van der Waals surface area contributed by atoms with Gasteiger partial charge in [-0.2, -0.15) is 9.78 Å². The van der Waals surface area contributed by atoms with Crippen molar-refractivity contribution in [3.05, 3.63) is 101 Å². The Hall–Kier alpha value is -5.36. The van der Waals surface area contributed by atoms with E-state index < -0.39 is 23.8 Å². The van der Waals surface area contributed by atoms with Gasteiger partial charge in [-0.1, -0.05) is 41.9 Å². The number of nitrogens with one attached hydrogen (secondary N) is 3. The minimum absolute atomic E-state index is 0.160. The van der Waals surface area contributed by atoms with Crippen LogP contribution in [-0.2, 0) is 16.0 Å². The number of nitrogens with zero attached hydrogens (tertiary/aromatic N) is 5. The third-order valence-corrected chi connectivity index (χ3v) is 6.18. The maximum Gasteiger partial charge on any atom is 0.357 e. The number of carbonyl (C=O) groups is 3. The fourth-order valence-electron chi connectivity index (χ4n) is 4.07. The van der Waals surface area contributed by atoms with Crippen LogP contribution in [0.5, 0.6) is 0 Å². The second kappa shape index (κ2) is 11.6. The number of H-pyrrole nitrogens is 1. The van der Waals surface area contributed by atoms with Crippen LogP contribution < -0.4 is 10.6 Å². The predicted molar refractivity (Wildman–Crippen MR) is 147 cm³/mol. The van der Waals surface area contributed by atoms with Crippen molar-refractivity contribution in [3.63, 3.8) is 0 Å². The topological polar surface area (TPSA) is 168 Å². The highest BCUT2D eigenvalue weighted by atomic mass is 35.5. The van der Waals surface area contributed by atoms with Gasteiger partial charge in [-0.05, 0) is 58.5 Å². The molecular weight excluding hydrogens is 536 g/mol. The van der Waals surface area contributed by atoms with E-state index in [0.717, 1.165) is 5.56 Å². The molecule has 2 heterocycles. The summed E-state index contributed by atoms with van der Waals surface area (Å²) in [5.74, 6) is -2.20. The first-order valence-corrected chi connectivity index (χ1v) is 12.3. The van der Waals surface area contributed by atoms with Crippen LogP contribution in [0.15, 0.2) is 79.1 Å². The van der Waals surface area contributed by atoms with E-state index in [1.807, 2.05) is 30.3 Å². The number of halogens is 1. The quantitative estimate of drug-likeness (QED) is 0.201. The third-order valence-electron chi connectivity index (χ3n) is 5.95. The first-order chi connectivity index (χ1) is 19.4. The monoisotopic (exact) mass is 556 g/mol. The van der Waals surface area contributed by atoms with Crippen molar-refractivity contribution in [2.75, 3.05) is 5.32 Å². The predicted octanol–water partition coefficient (Wildman–Crippen LogP) is 3.27. The Morgan fingerprint density at radius 3 is 2.65 bits per heavy atom. The van der Waals surface area contributed by atoms with Gasteiger partial charge < -0.3 is 15.7 Å². The number of fused-ring (bicyclic) bond motifs is 1. The second-order valence-corrected chi connectivity index (χ2v) is 9.11. The smallest absolute Gasteiger partial charge is 0.357 e. The second-order valence-electron chi connectivity index (χ2n) is 8.67. The van der Waals surface area contributed by atoms with Crippen molar-refractivity contribution in [1.29, 1.82) is 0 Å². The van der Waals surface area contributed by atoms with Crippen LogP contribution in [0.1, 0.15) is 21.6 Å². The number of benzene rings is 3. The van der Waals surface area contributed by atoms with Gasteiger partial charge in [0.15, 0.2) is 5.69 Å². The Morgan fingerprint density at radius 2 is 1.90 bits per heavy atom. The third kappa shape index (κ3) is 6.03. The van der Waals surface area contributed by atoms with Gasteiger partial charge in [0.1, 0.15) is 12.4 Å². The highest BCUT2D eigenvalue weighted by Crippen LogP contribution is 2.22. The summed E-state index contributed by atoms with van der Waals surface area (Å²) in [5.41, 5.74) is 2.73. The molecule has 5 rings (SSSR count). The number of carbonyl (C=O) groups excluding carboxylic acids is 2. The number of rotatable bonds is 9. The number of amides is 2. The molecule has 0 aliphatic rings. The number of carboxylic acid groups (broad SMARTS) is 1. The summed E-state index contributed by atoms with van der Waals surface area (Å²) in [4.78, 5) is 37.8. The number of aromatic nitrogens is 6. The largest absolute Gasteiger partial charge is 0.476 e. The molecule has 2 amide bonds. The number of anilines is 1. The molecule has 2 aromatic heterocycles. The van der Waals surface area contributed by atoms with E-state index >= 15 is 0 Å². The van der Waals surface area contributed by atoms with E-state index in [4.69, 9.17) is 11.6 Å². The number of tetrazole rings is 1. The molecule has 0 saturated heterocycles. The molecule has 13 heteroatoms. The molecule has 12 nitrogen and oxygen atoms in total. The molecule has 0 bridgehead atoms. The average molecular weight is 557 g/mol. The Labute approximate surface area is 231 Å². The number of hydrogen-bond acceptors (Lipinski definition) is 7. The highest BCUT2D eigenvalue weighted by molar-refractivity contribution is 6.30. The maximum atomic E-state index is 13.3. The molecule has 1 atom stereocenters. The fraction of sp³-hybridized carbons (Fsp3) is 0.0741.